The lowest BCUT2D eigenvalue weighted by Crippen LogP contribution is -2.53. The molecule has 35 heavy (non-hydrogen) atoms. The number of aryl methyl sites for hydroxylation is 2. The number of sulfonamides is 1. The number of rotatable bonds is 9. The number of nitrogens with zero attached hydrogens (tertiary/aromatic N) is 2. The van der Waals surface area contributed by atoms with Crippen molar-refractivity contribution < 1.29 is 18.0 Å². The average Bonchev–Trinajstić information content (AvgIpc) is 2.82. The van der Waals surface area contributed by atoms with E-state index in [0.29, 0.717) is 5.69 Å². The third kappa shape index (κ3) is 7.31. The van der Waals surface area contributed by atoms with Gasteiger partial charge in [0.2, 0.25) is 21.8 Å². The summed E-state index contributed by atoms with van der Waals surface area (Å²) in [5.41, 5.74) is 3.33. The predicted octanol–water partition coefficient (Wildman–Crippen LogP) is 3.94. The maximum absolute atomic E-state index is 13.6. The molecule has 1 saturated carbocycles. The van der Waals surface area contributed by atoms with Crippen LogP contribution in [0.5, 0.6) is 0 Å². The van der Waals surface area contributed by atoms with E-state index >= 15 is 0 Å². The highest BCUT2D eigenvalue weighted by Gasteiger charge is 2.31. The second-order valence-electron chi connectivity index (χ2n) is 9.57. The largest absolute Gasteiger partial charge is 0.352 e. The number of benzene rings is 2. The molecule has 0 aromatic heterocycles. The van der Waals surface area contributed by atoms with Gasteiger partial charge in [-0.05, 0) is 56.9 Å². The van der Waals surface area contributed by atoms with Crippen LogP contribution in [-0.2, 0) is 26.2 Å². The van der Waals surface area contributed by atoms with Crippen molar-refractivity contribution in [3.05, 3.63) is 65.2 Å². The third-order valence-corrected chi connectivity index (χ3v) is 7.86. The zero-order valence-electron chi connectivity index (χ0n) is 21.2. The molecular weight excluding hydrogens is 462 g/mol. The van der Waals surface area contributed by atoms with Gasteiger partial charge in [0, 0.05) is 12.6 Å². The molecule has 1 aliphatic rings. The van der Waals surface area contributed by atoms with Crippen LogP contribution in [0.4, 0.5) is 5.69 Å². The van der Waals surface area contributed by atoms with E-state index < -0.39 is 22.0 Å². The standard InChI is InChI=1S/C27H37N3O4S/c1-20-14-16-25(17-15-20)30(35(4,33)34)19-26(31)29(18-23-11-9-8-10-21(23)2)22(3)27(32)28-24-12-6-5-7-13-24/h8-11,14-17,22,24H,5-7,12-13,18-19H2,1-4H3,(H,28,32)/t22-/m0/s1. The van der Waals surface area contributed by atoms with Crippen molar-refractivity contribution in [3.8, 4) is 0 Å². The van der Waals surface area contributed by atoms with Gasteiger partial charge >= 0.3 is 0 Å². The highest BCUT2D eigenvalue weighted by atomic mass is 32.2. The quantitative estimate of drug-likeness (QED) is 0.566. The topological polar surface area (TPSA) is 86.8 Å². The van der Waals surface area contributed by atoms with Crippen LogP contribution in [0.1, 0.15) is 55.7 Å². The fourth-order valence-corrected chi connectivity index (χ4v) is 5.30. The molecule has 1 fully saturated rings. The maximum Gasteiger partial charge on any atom is 0.244 e. The summed E-state index contributed by atoms with van der Waals surface area (Å²) in [6, 6.07) is 14.1. The Hall–Kier alpha value is -2.87. The van der Waals surface area contributed by atoms with Crippen LogP contribution in [0.15, 0.2) is 48.5 Å². The first-order valence-corrected chi connectivity index (χ1v) is 14.1. The lowest BCUT2D eigenvalue weighted by Gasteiger charge is -2.33. The number of hydrogen-bond donors (Lipinski definition) is 1. The van der Waals surface area contributed by atoms with Crippen LogP contribution in [0, 0.1) is 13.8 Å². The number of amides is 2. The van der Waals surface area contributed by atoms with Crippen LogP contribution in [0.25, 0.3) is 0 Å². The van der Waals surface area contributed by atoms with Gasteiger partial charge in [0.05, 0.1) is 11.9 Å². The molecule has 3 rings (SSSR count). The number of anilines is 1. The van der Waals surface area contributed by atoms with Gasteiger partial charge in [-0.3, -0.25) is 13.9 Å². The fraction of sp³-hybridized carbons (Fsp3) is 0.481. The molecule has 0 heterocycles. The second kappa shape index (κ2) is 11.7. The summed E-state index contributed by atoms with van der Waals surface area (Å²) in [5.74, 6) is -0.634. The molecule has 0 radical (unpaired) electrons. The van der Waals surface area contributed by atoms with Gasteiger partial charge in [0.25, 0.3) is 0 Å². The second-order valence-corrected chi connectivity index (χ2v) is 11.5. The Bertz CT molecular complexity index is 1130. The van der Waals surface area contributed by atoms with E-state index in [9.17, 15) is 18.0 Å². The van der Waals surface area contributed by atoms with Crippen LogP contribution in [0.3, 0.4) is 0 Å². The Morgan fingerprint density at radius 1 is 1.00 bits per heavy atom. The van der Waals surface area contributed by atoms with Gasteiger partial charge < -0.3 is 10.2 Å². The van der Waals surface area contributed by atoms with E-state index in [0.717, 1.165) is 52.9 Å². The summed E-state index contributed by atoms with van der Waals surface area (Å²) in [4.78, 5) is 28.3. The van der Waals surface area contributed by atoms with Gasteiger partial charge in [-0.25, -0.2) is 8.42 Å². The van der Waals surface area contributed by atoms with Gasteiger partial charge in [0.1, 0.15) is 12.6 Å². The third-order valence-electron chi connectivity index (χ3n) is 6.72. The monoisotopic (exact) mass is 499 g/mol. The highest BCUT2D eigenvalue weighted by Crippen LogP contribution is 2.21. The SMILES string of the molecule is Cc1ccc(N(CC(=O)N(Cc2ccccc2C)[C@@H](C)C(=O)NC2CCCCC2)S(C)(=O)=O)cc1. The highest BCUT2D eigenvalue weighted by molar-refractivity contribution is 7.92. The van der Waals surface area contributed by atoms with E-state index in [1.54, 1.807) is 19.1 Å². The summed E-state index contributed by atoms with van der Waals surface area (Å²) >= 11 is 0. The van der Waals surface area contributed by atoms with E-state index in [1.165, 1.54) is 11.3 Å². The first-order chi connectivity index (χ1) is 16.6. The molecule has 0 aliphatic heterocycles. The molecule has 190 valence electrons. The molecule has 0 spiro atoms. The van der Waals surface area contributed by atoms with Crippen molar-refractivity contribution >= 4 is 27.5 Å². The number of carbonyl (C=O) groups is 2. The van der Waals surface area contributed by atoms with Gasteiger partial charge in [-0.15, -0.1) is 0 Å². The van der Waals surface area contributed by atoms with Crippen LogP contribution in [0.2, 0.25) is 0 Å². The van der Waals surface area contributed by atoms with E-state index in [1.807, 2.05) is 50.2 Å². The van der Waals surface area contributed by atoms with E-state index in [2.05, 4.69) is 5.32 Å². The minimum atomic E-state index is -3.72. The fourth-order valence-electron chi connectivity index (χ4n) is 4.45. The summed E-state index contributed by atoms with van der Waals surface area (Å²) in [7, 11) is -3.72. The Kier molecular flexibility index (Phi) is 8.94. The maximum atomic E-state index is 13.6. The average molecular weight is 500 g/mol. The number of nitrogens with one attached hydrogen (secondary N) is 1. The molecule has 7 nitrogen and oxygen atoms in total. The smallest absolute Gasteiger partial charge is 0.244 e. The zero-order valence-corrected chi connectivity index (χ0v) is 22.0. The molecule has 8 heteroatoms. The molecule has 0 bridgehead atoms. The molecule has 0 saturated heterocycles. The minimum Gasteiger partial charge on any atom is -0.352 e. The number of hydrogen-bond acceptors (Lipinski definition) is 4. The van der Waals surface area contributed by atoms with Crippen molar-refractivity contribution in [1.82, 2.24) is 10.2 Å². The Morgan fingerprint density at radius 2 is 1.63 bits per heavy atom. The van der Waals surface area contributed by atoms with Gasteiger partial charge in [-0.2, -0.15) is 0 Å². The van der Waals surface area contributed by atoms with Gasteiger partial charge in [-0.1, -0.05) is 61.2 Å². The summed E-state index contributed by atoms with van der Waals surface area (Å²) < 4.78 is 26.4. The van der Waals surface area contributed by atoms with Crippen molar-refractivity contribution in [3.63, 3.8) is 0 Å². The first kappa shape index (κ1) is 26.7. The molecule has 1 N–H and O–H groups in total. The van der Waals surface area contributed by atoms with Crippen molar-refractivity contribution in [1.29, 1.82) is 0 Å². The van der Waals surface area contributed by atoms with Crippen molar-refractivity contribution in [2.45, 2.75) is 71.5 Å². The molecule has 1 atom stereocenters. The molecular formula is C27H37N3O4S. The van der Waals surface area contributed by atoms with Crippen molar-refractivity contribution in [2.75, 3.05) is 17.1 Å². The lowest BCUT2D eigenvalue weighted by molar-refractivity contribution is -0.139. The molecule has 2 aromatic carbocycles. The van der Waals surface area contributed by atoms with E-state index in [4.69, 9.17) is 0 Å². The molecule has 2 aromatic rings. The van der Waals surface area contributed by atoms with Gasteiger partial charge in [0.15, 0.2) is 0 Å². The predicted molar refractivity (Wildman–Crippen MR) is 140 cm³/mol. The van der Waals surface area contributed by atoms with Crippen LogP contribution >= 0.6 is 0 Å². The molecule has 0 unspecified atom stereocenters. The summed E-state index contributed by atoms with van der Waals surface area (Å²) in [6.45, 7) is 5.42. The Labute approximate surface area is 209 Å². The van der Waals surface area contributed by atoms with Crippen molar-refractivity contribution in [2.24, 2.45) is 0 Å². The molecule has 2 amide bonds. The lowest BCUT2D eigenvalue weighted by atomic mass is 9.95. The summed E-state index contributed by atoms with van der Waals surface area (Å²) in [6.07, 6.45) is 6.33. The number of carbonyl (C=O) groups excluding carboxylic acids is 2. The molecule has 1 aliphatic carbocycles. The van der Waals surface area contributed by atoms with E-state index in [-0.39, 0.29) is 25.0 Å². The zero-order chi connectivity index (χ0) is 25.6. The van der Waals surface area contributed by atoms with Crippen LogP contribution < -0.4 is 9.62 Å². The normalized spacial score (nSPS) is 15.3. The summed E-state index contributed by atoms with van der Waals surface area (Å²) in [5, 5.41) is 3.11. The Balaban J connectivity index is 1.87. The Morgan fingerprint density at radius 3 is 2.23 bits per heavy atom. The first-order valence-electron chi connectivity index (χ1n) is 12.2. The minimum absolute atomic E-state index is 0.120. The van der Waals surface area contributed by atoms with Crippen LogP contribution in [-0.4, -0.2) is 50.0 Å².